The highest BCUT2D eigenvalue weighted by Gasteiger charge is 2.31. The molecular weight excluding hydrogens is 377 g/mol. The molecule has 0 saturated carbocycles. The Bertz CT molecular complexity index is 971. The van der Waals surface area contributed by atoms with E-state index in [1.54, 1.807) is 11.9 Å². The Morgan fingerprint density at radius 3 is 2.63 bits per heavy atom. The van der Waals surface area contributed by atoms with E-state index < -0.39 is 11.7 Å². The molecule has 0 unspecified atom stereocenters. The molecule has 0 atom stereocenters. The molecule has 2 heterocycles. The second-order valence-corrected chi connectivity index (χ2v) is 7.03. The van der Waals surface area contributed by atoms with Crippen molar-refractivity contribution < 1.29 is 18.0 Å². The van der Waals surface area contributed by atoms with Gasteiger partial charge in [-0.1, -0.05) is 36.0 Å². The van der Waals surface area contributed by atoms with Crippen LogP contribution in [0.4, 0.5) is 13.2 Å². The van der Waals surface area contributed by atoms with Crippen molar-refractivity contribution in [3.05, 3.63) is 59.3 Å². The highest BCUT2D eigenvalue weighted by atomic mass is 32.2. The number of halogens is 3. The first kappa shape index (κ1) is 19.2. The van der Waals surface area contributed by atoms with Crippen LogP contribution in [0.2, 0.25) is 0 Å². The molecule has 5 nitrogen and oxygen atoms in total. The summed E-state index contributed by atoms with van der Waals surface area (Å²) >= 11 is 1.06. The molecule has 142 valence electrons. The number of aromatic nitrogens is 3. The van der Waals surface area contributed by atoms with Gasteiger partial charge in [0, 0.05) is 19.8 Å². The minimum Gasteiger partial charge on any atom is -0.341 e. The zero-order valence-corrected chi connectivity index (χ0v) is 15.5. The van der Waals surface area contributed by atoms with Crippen LogP contribution in [0.3, 0.4) is 0 Å². The largest absolute Gasteiger partial charge is 0.417 e. The van der Waals surface area contributed by atoms with Crippen molar-refractivity contribution in [1.29, 1.82) is 0 Å². The molecule has 0 saturated heterocycles. The van der Waals surface area contributed by atoms with Gasteiger partial charge >= 0.3 is 6.18 Å². The van der Waals surface area contributed by atoms with Crippen molar-refractivity contribution in [1.82, 2.24) is 19.5 Å². The van der Waals surface area contributed by atoms with Gasteiger partial charge < -0.3 is 4.90 Å². The van der Waals surface area contributed by atoms with Crippen LogP contribution in [-0.4, -0.2) is 38.2 Å². The van der Waals surface area contributed by atoms with Gasteiger partial charge in [-0.25, -0.2) is 0 Å². The number of thioether (sulfide) groups is 1. The zero-order chi connectivity index (χ0) is 19.6. The molecule has 0 fully saturated rings. The molecular formula is C18H17F3N4OS. The summed E-state index contributed by atoms with van der Waals surface area (Å²) in [6.45, 7) is 2.44. The fraction of sp³-hybridized carbons (Fsp3) is 0.278. The number of rotatable bonds is 5. The summed E-state index contributed by atoms with van der Waals surface area (Å²) in [4.78, 5) is 14.0. The van der Waals surface area contributed by atoms with Crippen LogP contribution in [-0.2, 0) is 17.5 Å². The van der Waals surface area contributed by atoms with Crippen molar-refractivity contribution in [2.45, 2.75) is 24.8 Å². The van der Waals surface area contributed by atoms with Gasteiger partial charge in [0.25, 0.3) is 0 Å². The number of benzene rings is 1. The lowest BCUT2D eigenvalue weighted by Crippen LogP contribution is -2.28. The minimum absolute atomic E-state index is 0.0550. The first-order chi connectivity index (χ1) is 12.8. The maximum absolute atomic E-state index is 12.9. The topological polar surface area (TPSA) is 50.5 Å². The molecule has 3 aromatic rings. The van der Waals surface area contributed by atoms with Gasteiger partial charge in [-0.05, 0) is 30.2 Å². The second kappa shape index (κ2) is 7.59. The normalized spacial score (nSPS) is 11.7. The lowest BCUT2D eigenvalue weighted by atomic mass is 10.1. The average molecular weight is 394 g/mol. The van der Waals surface area contributed by atoms with E-state index in [0.29, 0.717) is 12.2 Å². The molecule has 0 N–H and O–H groups in total. The third-order valence-corrected chi connectivity index (χ3v) is 5.05. The summed E-state index contributed by atoms with van der Waals surface area (Å²) in [5.74, 6) is -0.0913. The highest BCUT2D eigenvalue weighted by Crippen LogP contribution is 2.30. The number of alkyl halides is 3. The van der Waals surface area contributed by atoms with Gasteiger partial charge in [-0.2, -0.15) is 13.2 Å². The molecule has 0 spiro atoms. The van der Waals surface area contributed by atoms with Crippen LogP contribution in [0.1, 0.15) is 16.7 Å². The van der Waals surface area contributed by atoms with Crippen LogP contribution in [0.5, 0.6) is 0 Å². The van der Waals surface area contributed by atoms with Gasteiger partial charge in [0.05, 0.1) is 11.3 Å². The van der Waals surface area contributed by atoms with Crippen LogP contribution < -0.4 is 0 Å². The van der Waals surface area contributed by atoms with Crippen LogP contribution in [0.15, 0.2) is 47.8 Å². The summed E-state index contributed by atoms with van der Waals surface area (Å²) in [7, 11) is 1.69. The Hall–Kier alpha value is -2.55. The summed E-state index contributed by atoms with van der Waals surface area (Å²) in [5.41, 5.74) is 1.64. The van der Waals surface area contributed by atoms with E-state index in [-0.39, 0.29) is 16.8 Å². The van der Waals surface area contributed by atoms with Gasteiger partial charge in [0.1, 0.15) is 0 Å². The molecule has 1 amide bonds. The second-order valence-electron chi connectivity index (χ2n) is 6.09. The number of carbonyl (C=O) groups excluding carboxylic acids is 1. The van der Waals surface area contributed by atoms with Gasteiger partial charge in [0.15, 0.2) is 10.8 Å². The number of hydrogen-bond acceptors (Lipinski definition) is 4. The van der Waals surface area contributed by atoms with E-state index in [2.05, 4.69) is 10.2 Å². The first-order valence-electron chi connectivity index (χ1n) is 8.09. The third-order valence-electron chi connectivity index (χ3n) is 4.12. The van der Waals surface area contributed by atoms with Crippen molar-refractivity contribution in [3.8, 4) is 0 Å². The fourth-order valence-electron chi connectivity index (χ4n) is 2.50. The lowest BCUT2D eigenvalue weighted by molar-refractivity contribution is -0.138. The Morgan fingerprint density at radius 1 is 1.19 bits per heavy atom. The molecule has 2 aromatic heterocycles. The number of carbonyl (C=O) groups is 1. The van der Waals surface area contributed by atoms with E-state index in [9.17, 15) is 18.0 Å². The summed E-state index contributed by atoms with van der Waals surface area (Å²) in [5, 5.41) is 7.97. The summed E-state index contributed by atoms with van der Waals surface area (Å²) in [6, 6.07) is 9.99. The molecule has 0 aliphatic heterocycles. The fourth-order valence-corrected chi connectivity index (χ4v) is 3.36. The molecule has 3 rings (SSSR count). The van der Waals surface area contributed by atoms with Gasteiger partial charge in [0.2, 0.25) is 5.91 Å². The van der Waals surface area contributed by atoms with Gasteiger partial charge in [-0.15, -0.1) is 10.2 Å². The zero-order valence-electron chi connectivity index (χ0n) is 14.7. The van der Waals surface area contributed by atoms with Crippen molar-refractivity contribution in [2.75, 3.05) is 12.8 Å². The highest BCUT2D eigenvalue weighted by molar-refractivity contribution is 7.99. The molecule has 0 aliphatic carbocycles. The number of aryl methyl sites for hydroxylation is 1. The van der Waals surface area contributed by atoms with Gasteiger partial charge in [-0.3, -0.25) is 9.20 Å². The summed E-state index contributed by atoms with van der Waals surface area (Å²) < 4.78 is 39.9. The van der Waals surface area contributed by atoms with Crippen LogP contribution >= 0.6 is 11.8 Å². The Balaban J connectivity index is 1.69. The smallest absolute Gasteiger partial charge is 0.341 e. The maximum Gasteiger partial charge on any atom is 0.417 e. The number of pyridine rings is 1. The SMILES string of the molecule is Cc1ccccc1CN(C)C(=O)CSc1nnc2ccc(C(F)(F)F)cn12. The summed E-state index contributed by atoms with van der Waals surface area (Å²) in [6.07, 6.45) is -3.51. The number of amides is 1. The maximum atomic E-state index is 12.9. The van der Waals surface area contributed by atoms with E-state index in [0.717, 1.165) is 35.2 Å². The number of fused-ring (bicyclic) bond motifs is 1. The number of nitrogens with zero attached hydrogens (tertiary/aromatic N) is 4. The predicted octanol–water partition coefficient (Wildman–Crippen LogP) is 3.81. The molecule has 9 heteroatoms. The molecule has 0 bridgehead atoms. The lowest BCUT2D eigenvalue weighted by Gasteiger charge is -2.18. The van der Waals surface area contributed by atoms with Crippen molar-refractivity contribution >= 4 is 23.3 Å². The van der Waals surface area contributed by atoms with Crippen molar-refractivity contribution in [3.63, 3.8) is 0 Å². The van der Waals surface area contributed by atoms with E-state index in [4.69, 9.17) is 0 Å². The molecule has 1 aromatic carbocycles. The van der Waals surface area contributed by atoms with Crippen LogP contribution in [0.25, 0.3) is 5.65 Å². The Morgan fingerprint density at radius 2 is 1.93 bits per heavy atom. The quantitative estimate of drug-likeness (QED) is 0.618. The minimum atomic E-state index is -4.45. The van der Waals surface area contributed by atoms with E-state index in [1.807, 2.05) is 31.2 Å². The molecule has 0 radical (unpaired) electrons. The van der Waals surface area contributed by atoms with E-state index in [1.165, 1.54) is 10.5 Å². The molecule has 27 heavy (non-hydrogen) atoms. The standard InChI is InChI=1S/C18H17F3N4OS/c1-12-5-3-4-6-13(12)9-24(2)16(26)11-27-17-23-22-15-8-7-14(10-25(15)17)18(19,20)21/h3-8,10H,9,11H2,1-2H3. The average Bonchev–Trinajstić information content (AvgIpc) is 3.03. The molecule has 0 aliphatic rings. The van der Waals surface area contributed by atoms with Crippen LogP contribution in [0, 0.1) is 6.92 Å². The Kier molecular flexibility index (Phi) is 5.41. The third kappa shape index (κ3) is 4.41. The monoisotopic (exact) mass is 394 g/mol. The van der Waals surface area contributed by atoms with Crippen molar-refractivity contribution in [2.24, 2.45) is 0 Å². The Labute approximate surface area is 158 Å². The number of hydrogen-bond donors (Lipinski definition) is 0. The first-order valence-corrected chi connectivity index (χ1v) is 9.07. The van der Waals surface area contributed by atoms with E-state index >= 15 is 0 Å². The predicted molar refractivity (Wildman–Crippen MR) is 96.4 cm³/mol.